The molecule has 0 saturated carbocycles. The molecule has 0 atom stereocenters. The van der Waals surface area contributed by atoms with E-state index in [4.69, 9.17) is 4.74 Å². The zero-order valence-electron chi connectivity index (χ0n) is 10.4. The van der Waals surface area contributed by atoms with E-state index in [1.165, 1.54) is 11.1 Å². The monoisotopic (exact) mass is 226 g/mol. The molecule has 2 rings (SSSR count). The summed E-state index contributed by atoms with van der Waals surface area (Å²) in [5.41, 5.74) is 2.56. The van der Waals surface area contributed by atoms with Crippen LogP contribution in [0.5, 0.6) is 0 Å². The summed E-state index contributed by atoms with van der Waals surface area (Å²) >= 11 is 0. The van der Waals surface area contributed by atoms with Gasteiger partial charge in [-0.1, -0.05) is 35.5 Å². The first-order chi connectivity index (χ1) is 8.24. The summed E-state index contributed by atoms with van der Waals surface area (Å²) in [5.74, 6) is 1.85. The lowest BCUT2D eigenvalue weighted by atomic mass is 10.2. The van der Waals surface area contributed by atoms with Crippen LogP contribution in [0.1, 0.15) is 26.7 Å². The molecule has 0 saturated heterocycles. The lowest BCUT2D eigenvalue weighted by molar-refractivity contribution is 0.334. The van der Waals surface area contributed by atoms with Crippen LogP contribution in [0.25, 0.3) is 0 Å². The fraction of sp³-hybridized carbons (Fsp3) is 0.250. The van der Waals surface area contributed by atoms with E-state index < -0.39 is 0 Å². The summed E-state index contributed by atoms with van der Waals surface area (Å²) in [6, 6.07) is 0. The summed E-state index contributed by atoms with van der Waals surface area (Å²) in [5, 5.41) is 0. The number of ether oxygens (including phenoxy) is 1. The SMILES string of the molecule is CC1=CCC=C(OC2=CCC=C(C)C=C2)C=C1. The molecule has 0 aromatic carbocycles. The average molecular weight is 226 g/mol. The van der Waals surface area contributed by atoms with Crippen LogP contribution in [-0.4, -0.2) is 0 Å². The first-order valence-electron chi connectivity index (χ1n) is 6.02. The Morgan fingerprint density at radius 2 is 1.18 bits per heavy atom. The van der Waals surface area contributed by atoms with Gasteiger partial charge in [0.05, 0.1) is 0 Å². The minimum Gasteiger partial charge on any atom is -0.458 e. The first-order valence-corrected chi connectivity index (χ1v) is 6.02. The summed E-state index contributed by atoms with van der Waals surface area (Å²) in [6.45, 7) is 4.21. The predicted octanol–water partition coefficient (Wildman–Crippen LogP) is 4.58. The molecule has 0 bridgehead atoms. The molecule has 17 heavy (non-hydrogen) atoms. The van der Waals surface area contributed by atoms with Crippen molar-refractivity contribution < 1.29 is 4.74 Å². The van der Waals surface area contributed by atoms with E-state index in [1.54, 1.807) is 0 Å². The molecule has 1 nitrogen and oxygen atoms in total. The van der Waals surface area contributed by atoms with Crippen LogP contribution in [0, 0.1) is 0 Å². The number of hydrogen-bond donors (Lipinski definition) is 0. The van der Waals surface area contributed by atoms with Gasteiger partial charge in [-0.15, -0.1) is 0 Å². The molecule has 0 aliphatic heterocycles. The molecule has 0 spiro atoms. The van der Waals surface area contributed by atoms with Gasteiger partial charge < -0.3 is 4.74 Å². The molecule has 1 heteroatoms. The zero-order chi connectivity index (χ0) is 12.1. The summed E-state index contributed by atoms with van der Waals surface area (Å²) < 4.78 is 5.87. The fourth-order valence-corrected chi connectivity index (χ4v) is 1.71. The van der Waals surface area contributed by atoms with Crippen LogP contribution in [-0.2, 0) is 4.74 Å². The van der Waals surface area contributed by atoms with Crippen molar-refractivity contribution in [3.63, 3.8) is 0 Å². The van der Waals surface area contributed by atoms with Crippen molar-refractivity contribution in [2.45, 2.75) is 26.7 Å². The molecular weight excluding hydrogens is 208 g/mol. The van der Waals surface area contributed by atoms with Crippen molar-refractivity contribution in [2.75, 3.05) is 0 Å². The second-order valence-corrected chi connectivity index (χ2v) is 4.35. The standard InChI is InChI=1S/C16H18O/c1-13-5-3-7-15(11-9-13)17-16-8-4-6-14(2)10-12-16/h5-12H,3-4H2,1-2H3. The maximum absolute atomic E-state index is 5.87. The van der Waals surface area contributed by atoms with Gasteiger partial charge in [0.2, 0.25) is 0 Å². The lowest BCUT2D eigenvalue weighted by Gasteiger charge is -2.06. The second kappa shape index (κ2) is 5.53. The molecule has 0 amide bonds. The molecule has 2 aliphatic rings. The minimum atomic E-state index is 0.925. The molecular formula is C16H18O. The molecule has 0 unspecified atom stereocenters. The third kappa shape index (κ3) is 3.63. The van der Waals surface area contributed by atoms with E-state index in [2.05, 4.69) is 50.3 Å². The van der Waals surface area contributed by atoms with E-state index in [0.717, 1.165) is 24.4 Å². The van der Waals surface area contributed by atoms with Gasteiger partial charge in [0, 0.05) is 0 Å². The van der Waals surface area contributed by atoms with E-state index in [1.807, 2.05) is 12.2 Å². The van der Waals surface area contributed by atoms with Gasteiger partial charge >= 0.3 is 0 Å². The highest BCUT2D eigenvalue weighted by molar-refractivity contribution is 5.32. The lowest BCUT2D eigenvalue weighted by Crippen LogP contribution is -1.88. The Labute approximate surface area is 103 Å². The maximum atomic E-state index is 5.87. The van der Waals surface area contributed by atoms with Crippen LogP contribution >= 0.6 is 0 Å². The average Bonchev–Trinajstić information content (AvgIpc) is 2.62. The first kappa shape index (κ1) is 11.7. The number of hydrogen-bond acceptors (Lipinski definition) is 1. The molecule has 0 aromatic heterocycles. The fourth-order valence-electron chi connectivity index (χ4n) is 1.71. The minimum absolute atomic E-state index is 0.925. The van der Waals surface area contributed by atoms with Gasteiger partial charge in [0.1, 0.15) is 11.5 Å². The van der Waals surface area contributed by atoms with E-state index >= 15 is 0 Å². The molecule has 2 aliphatic carbocycles. The summed E-state index contributed by atoms with van der Waals surface area (Å²) in [4.78, 5) is 0. The third-order valence-corrected chi connectivity index (χ3v) is 2.77. The number of rotatable bonds is 2. The van der Waals surface area contributed by atoms with Gasteiger partial charge in [-0.05, 0) is 51.0 Å². The zero-order valence-corrected chi connectivity index (χ0v) is 10.4. The quantitative estimate of drug-likeness (QED) is 0.669. The maximum Gasteiger partial charge on any atom is 0.123 e. The second-order valence-electron chi connectivity index (χ2n) is 4.35. The van der Waals surface area contributed by atoms with Crippen molar-refractivity contribution >= 4 is 0 Å². The molecule has 0 N–H and O–H groups in total. The Balaban J connectivity index is 2.03. The van der Waals surface area contributed by atoms with E-state index in [-0.39, 0.29) is 0 Å². The molecule has 88 valence electrons. The Hall–Kier alpha value is -1.76. The van der Waals surface area contributed by atoms with Gasteiger partial charge in [-0.3, -0.25) is 0 Å². The van der Waals surface area contributed by atoms with Crippen molar-refractivity contribution in [3.8, 4) is 0 Å². The van der Waals surface area contributed by atoms with Crippen LogP contribution in [0.15, 0.2) is 71.3 Å². The third-order valence-electron chi connectivity index (χ3n) is 2.77. The molecule has 0 radical (unpaired) electrons. The summed E-state index contributed by atoms with van der Waals surface area (Å²) in [7, 11) is 0. The highest BCUT2D eigenvalue weighted by atomic mass is 16.5. The van der Waals surface area contributed by atoms with Crippen molar-refractivity contribution in [2.24, 2.45) is 0 Å². The van der Waals surface area contributed by atoms with Gasteiger partial charge in [0.25, 0.3) is 0 Å². The predicted molar refractivity (Wildman–Crippen MR) is 72.3 cm³/mol. The molecule has 0 aromatic rings. The normalized spacial score (nSPS) is 19.6. The summed E-state index contributed by atoms with van der Waals surface area (Å²) in [6.07, 6.45) is 18.7. The van der Waals surface area contributed by atoms with Gasteiger partial charge in [-0.2, -0.15) is 0 Å². The van der Waals surface area contributed by atoms with Crippen LogP contribution in [0.2, 0.25) is 0 Å². The van der Waals surface area contributed by atoms with Crippen molar-refractivity contribution in [3.05, 3.63) is 71.3 Å². The van der Waals surface area contributed by atoms with Gasteiger partial charge in [-0.25, -0.2) is 0 Å². The largest absolute Gasteiger partial charge is 0.458 e. The van der Waals surface area contributed by atoms with Crippen LogP contribution < -0.4 is 0 Å². The van der Waals surface area contributed by atoms with Crippen molar-refractivity contribution in [1.82, 2.24) is 0 Å². The van der Waals surface area contributed by atoms with Crippen LogP contribution in [0.4, 0.5) is 0 Å². The molecule has 0 fully saturated rings. The highest BCUT2D eigenvalue weighted by Gasteiger charge is 2.01. The van der Waals surface area contributed by atoms with E-state index in [9.17, 15) is 0 Å². The topological polar surface area (TPSA) is 9.23 Å². The Bertz CT molecular complexity index is 424. The van der Waals surface area contributed by atoms with Crippen molar-refractivity contribution in [1.29, 1.82) is 0 Å². The Morgan fingerprint density at radius 3 is 1.65 bits per heavy atom. The van der Waals surface area contributed by atoms with Crippen LogP contribution in [0.3, 0.4) is 0 Å². The van der Waals surface area contributed by atoms with Gasteiger partial charge in [0.15, 0.2) is 0 Å². The number of allylic oxidation sites excluding steroid dienone is 10. The molecule has 0 heterocycles. The Morgan fingerprint density at radius 1 is 0.706 bits per heavy atom. The Kier molecular flexibility index (Phi) is 3.81. The smallest absolute Gasteiger partial charge is 0.123 e. The highest BCUT2D eigenvalue weighted by Crippen LogP contribution is 2.18. The van der Waals surface area contributed by atoms with E-state index in [0.29, 0.717) is 0 Å².